The minimum atomic E-state index is -0.255. The van der Waals surface area contributed by atoms with E-state index in [1.807, 2.05) is 14.0 Å². The third-order valence-electron chi connectivity index (χ3n) is 4.71. The molecule has 146 valence electrons. The Morgan fingerprint density at radius 3 is 2.58 bits per heavy atom. The molecule has 0 unspecified atom stereocenters. The van der Waals surface area contributed by atoms with Gasteiger partial charge in [-0.05, 0) is 62.8 Å². The molecule has 1 saturated carbocycles. The summed E-state index contributed by atoms with van der Waals surface area (Å²) in [6, 6.07) is 6.09. The number of hydrogen-bond acceptors (Lipinski definition) is 3. The molecule has 1 aromatic carbocycles. The quantitative estimate of drug-likeness (QED) is 0.371. The lowest BCUT2D eigenvalue weighted by atomic mass is 10.0. The number of guanidine groups is 1. The first-order chi connectivity index (χ1) is 12.6. The molecule has 0 aromatic heterocycles. The molecule has 1 fully saturated rings. The smallest absolute Gasteiger partial charge is 0.193 e. The number of benzene rings is 1. The Morgan fingerprint density at radius 1 is 1.23 bits per heavy atom. The van der Waals surface area contributed by atoms with Crippen molar-refractivity contribution in [3.05, 3.63) is 30.1 Å². The lowest BCUT2D eigenvalue weighted by Crippen LogP contribution is -2.41. The zero-order chi connectivity index (χ0) is 18.8. The summed E-state index contributed by atoms with van der Waals surface area (Å²) in [6.45, 7) is 8.59. The molecule has 0 aliphatic heterocycles. The van der Waals surface area contributed by atoms with Gasteiger partial charge in [0.05, 0.1) is 6.54 Å². The first kappa shape index (κ1) is 20.5. The second kappa shape index (κ2) is 10.4. The number of likely N-dealkylation sites (N-methyl/N-ethyl adjacent to an activating group) is 1. The van der Waals surface area contributed by atoms with E-state index >= 15 is 0 Å². The number of ether oxygens (including phenoxy) is 2. The molecule has 0 radical (unpaired) electrons. The maximum Gasteiger partial charge on any atom is 0.193 e. The molecule has 1 aromatic rings. The highest BCUT2D eigenvalue weighted by molar-refractivity contribution is 5.79. The molecule has 1 aliphatic rings. The number of aliphatic imine (C=N–C) groups is 1. The molecule has 5 nitrogen and oxygen atoms in total. The maximum atomic E-state index is 12.9. The molecular formula is C20H32FN3O2. The molecule has 26 heavy (non-hydrogen) atoms. The fourth-order valence-electron chi connectivity index (χ4n) is 2.75. The minimum absolute atomic E-state index is 0.255. The van der Waals surface area contributed by atoms with Gasteiger partial charge < -0.3 is 19.7 Å². The molecule has 0 atom stereocenters. The van der Waals surface area contributed by atoms with Gasteiger partial charge in [-0.2, -0.15) is 0 Å². The minimum Gasteiger partial charge on any atom is -0.492 e. The third kappa shape index (κ3) is 6.83. The lowest BCUT2D eigenvalue weighted by molar-refractivity contribution is 0.129. The monoisotopic (exact) mass is 365 g/mol. The predicted molar refractivity (Wildman–Crippen MR) is 103 cm³/mol. The van der Waals surface area contributed by atoms with Gasteiger partial charge in [0.1, 0.15) is 18.2 Å². The van der Waals surface area contributed by atoms with Crippen molar-refractivity contribution in [1.29, 1.82) is 0 Å². The fourth-order valence-corrected chi connectivity index (χ4v) is 2.75. The lowest BCUT2D eigenvalue weighted by Gasteiger charge is -2.23. The Kier molecular flexibility index (Phi) is 8.16. The summed E-state index contributed by atoms with van der Waals surface area (Å²) in [5.41, 5.74) is 0.335. The van der Waals surface area contributed by atoms with E-state index in [0.29, 0.717) is 24.3 Å². The van der Waals surface area contributed by atoms with Crippen LogP contribution < -0.4 is 10.1 Å². The second-order valence-corrected chi connectivity index (χ2v) is 6.84. The van der Waals surface area contributed by atoms with Crippen LogP contribution >= 0.6 is 0 Å². The molecule has 0 bridgehead atoms. The van der Waals surface area contributed by atoms with Crippen LogP contribution in [0.25, 0.3) is 0 Å². The first-order valence-corrected chi connectivity index (χ1v) is 9.54. The van der Waals surface area contributed by atoms with Gasteiger partial charge in [0.25, 0.3) is 0 Å². The molecule has 6 heteroatoms. The highest BCUT2D eigenvalue weighted by atomic mass is 19.1. The molecule has 0 heterocycles. The van der Waals surface area contributed by atoms with Crippen molar-refractivity contribution in [2.45, 2.75) is 33.1 Å². The van der Waals surface area contributed by atoms with Crippen LogP contribution in [-0.4, -0.2) is 57.4 Å². The van der Waals surface area contributed by atoms with Crippen LogP contribution in [0.1, 0.15) is 33.1 Å². The van der Waals surface area contributed by atoms with E-state index in [9.17, 15) is 4.39 Å². The molecule has 0 amide bonds. The van der Waals surface area contributed by atoms with Gasteiger partial charge in [0, 0.05) is 33.4 Å². The Morgan fingerprint density at radius 2 is 1.96 bits per heavy atom. The van der Waals surface area contributed by atoms with E-state index in [4.69, 9.17) is 14.5 Å². The van der Waals surface area contributed by atoms with Gasteiger partial charge in [0.15, 0.2) is 5.96 Å². The van der Waals surface area contributed by atoms with Crippen LogP contribution in [0.4, 0.5) is 4.39 Å². The van der Waals surface area contributed by atoms with Gasteiger partial charge in [-0.3, -0.25) is 4.99 Å². The van der Waals surface area contributed by atoms with E-state index in [-0.39, 0.29) is 5.82 Å². The molecular weight excluding hydrogens is 333 g/mol. The van der Waals surface area contributed by atoms with Gasteiger partial charge >= 0.3 is 0 Å². The average Bonchev–Trinajstić information content (AvgIpc) is 3.40. The Hall–Kier alpha value is -1.82. The largest absolute Gasteiger partial charge is 0.492 e. The Bertz CT molecular complexity index is 559. The van der Waals surface area contributed by atoms with Crippen LogP contribution in [0.2, 0.25) is 0 Å². The van der Waals surface area contributed by atoms with Crippen LogP contribution in [-0.2, 0) is 4.74 Å². The number of nitrogens with zero attached hydrogens (tertiary/aromatic N) is 2. The standard InChI is InChI=1S/C20H32FN3O2/c1-4-22-19(23-16-20(10-11-20)12-14-25-5-2)24(3)13-15-26-18-8-6-17(21)7-9-18/h6-9H,4-5,10-16H2,1-3H3,(H,22,23). The highest BCUT2D eigenvalue weighted by Crippen LogP contribution is 2.49. The molecule has 0 saturated heterocycles. The summed E-state index contributed by atoms with van der Waals surface area (Å²) in [7, 11) is 2.01. The van der Waals surface area contributed by atoms with Crippen LogP contribution in [0.5, 0.6) is 5.75 Å². The van der Waals surface area contributed by atoms with Crippen molar-refractivity contribution in [1.82, 2.24) is 10.2 Å². The zero-order valence-electron chi connectivity index (χ0n) is 16.3. The van der Waals surface area contributed by atoms with Crippen molar-refractivity contribution in [2.75, 3.05) is 46.5 Å². The summed E-state index contributed by atoms with van der Waals surface area (Å²) >= 11 is 0. The second-order valence-electron chi connectivity index (χ2n) is 6.84. The average molecular weight is 365 g/mol. The molecule has 1 aliphatic carbocycles. The third-order valence-corrected chi connectivity index (χ3v) is 4.71. The first-order valence-electron chi connectivity index (χ1n) is 9.54. The van der Waals surface area contributed by atoms with Crippen molar-refractivity contribution in [3.8, 4) is 5.75 Å². The normalized spacial score (nSPS) is 15.6. The van der Waals surface area contributed by atoms with Crippen molar-refractivity contribution in [2.24, 2.45) is 10.4 Å². The molecule has 0 spiro atoms. The van der Waals surface area contributed by atoms with Crippen LogP contribution in [0, 0.1) is 11.2 Å². The predicted octanol–water partition coefficient (Wildman–Crippen LogP) is 3.31. The maximum absolute atomic E-state index is 12.9. The number of halogens is 1. The number of rotatable bonds is 11. The number of nitrogens with one attached hydrogen (secondary N) is 1. The van der Waals surface area contributed by atoms with Crippen molar-refractivity contribution < 1.29 is 13.9 Å². The van der Waals surface area contributed by atoms with Crippen molar-refractivity contribution in [3.63, 3.8) is 0 Å². The summed E-state index contributed by atoms with van der Waals surface area (Å²) in [5.74, 6) is 1.32. The zero-order valence-corrected chi connectivity index (χ0v) is 16.3. The van der Waals surface area contributed by atoms with Crippen LogP contribution in [0.3, 0.4) is 0 Å². The summed E-state index contributed by atoms with van der Waals surface area (Å²) in [6.07, 6.45) is 3.56. The number of hydrogen-bond donors (Lipinski definition) is 1. The summed E-state index contributed by atoms with van der Waals surface area (Å²) < 4.78 is 24.1. The van der Waals surface area contributed by atoms with E-state index in [0.717, 1.165) is 38.7 Å². The fraction of sp³-hybridized carbons (Fsp3) is 0.650. The van der Waals surface area contributed by atoms with Gasteiger partial charge in [-0.25, -0.2) is 4.39 Å². The SMILES string of the molecule is CCNC(=NCC1(CCOCC)CC1)N(C)CCOc1ccc(F)cc1. The highest BCUT2D eigenvalue weighted by Gasteiger charge is 2.42. The van der Waals surface area contributed by atoms with Gasteiger partial charge in [0.2, 0.25) is 0 Å². The van der Waals surface area contributed by atoms with E-state index < -0.39 is 0 Å². The van der Waals surface area contributed by atoms with Gasteiger partial charge in [-0.15, -0.1) is 0 Å². The molecule has 1 N–H and O–H groups in total. The Balaban J connectivity index is 1.80. The summed E-state index contributed by atoms with van der Waals surface area (Å²) in [5, 5.41) is 3.35. The topological polar surface area (TPSA) is 46.1 Å². The Labute approximate surface area is 156 Å². The van der Waals surface area contributed by atoms with Gasteiger partial charge in [-0.1, -0.05) is 0 Å². The van der Waals surface area contributed by atoms with Crippen molar-refractivity contribution >= 4 is 5.96 Å². The van der Waals surface area contributed by atoms with Crippen LogP contribution in [0.15, 0.2) is 29.3 Å². The molecule has 2 rings (SSSR count). The van der Waals surface area contributed by atoms with E-state index in [1.54, 1.807) is 12.1 Å². The summed E-state index contributed by atoms with van der Waals surface area (Å²) in [4.78, 5) is 6.91. The van der Waals surface area contributed by atoms with E-state index in [2.05, 4.69) is 17.1 Å². The van der Waals surface area contributed by atoms with E-state index in [1.165, 1.54) is 25.0 Å².